The third kappa shape index (κ3) is 5.64. The molecule has 7 nitrogen and oxygen atoms in total. The number of fused-ring (bicyclic) bond motifs is 1. The molecule has 1 N–H and O–H groups in total. The number of rotatable bonds is 10. The molecule has 2 heterocycles. The quantitative estimate of drug-likeness (QED) is 0.575. The Kier molecular flexibility index (Phi) is 7.79. The van der Waals surface area contributed by atoms with Crippen molar-refractivity contribution in [3.63, 3.8) is 0 Å². The van der Waals surface area contributed by atoms with Crippen LogP contribution in [0.5, 0.6) is 0 Å². The van der Waals surface area contributed by atoms with Crippen molar-refractivity contribution in [3.05, 3.63) is 51.7 Å². The molecule has 0 aliphatic carbocycles. The molecule has 0 saturated carbocycles. The van der Waals surface area contributed by atoms with Crippen molar-refractivity contribution in [2.45, 2.75) is 24.3 Å². The van der Waals surface area contributed by atoms with Crippen LogP contribution in [0.25, 0.3) is 0 Å². The molecular weight excluding hydrogens is 412 g/mol. The van der Waals surface area contributed by atoms with E-state index in [1.807, 2.05) is 11.4 Å². The van der Waals surface area contributed by atoms with E-state index in [0.29, 0.717) is 51.4 Å². The third-order valence-electron chi connectivity index (χ3n) is 4.69. The number of nitrogens with zero attached hydrogens (tertiary/aromatic N) is 1. The molecule has 1 aliphatic heterocycles. The highest BCUT2D eigenvalue weighted by molar-refractivity contribution is 7.89. The van der Waals surface area contributed by atoms with E-state index < -0.39 is 10.0 Å². The van der Waals surface area contributed by atoms with Gasteiger partial charge in [0.1, 0.15) is 0 Å². The highest BCUT2D eigenvalue weighted by atomic mass is 32.2. The lowest BCUT2D eigenvalue weighted by atomic mass is 10.1. The molecule has 9 heteroatoms. The van der Waals surface area contributed by atoms with Gasteiger partial charge in [0.15, 0.2) is 0 Å². The van der Waals surface area contributed by atoms with Gasteiger partial charge >= 0.3 is 0 Å². The maximum atomic E-state index is 13.1. The number of carbonyl (C=O) groups is 1. The lowest BCUT2D eigenvalue weighted by Gasteiger charge is -2.26. The summed E-state index contributed by atoms with van der Waals surface area (Å²) in [4.78, 5) is 13.8. The van der Waals surface area contributed by atoms with Gasteiger partial charge in [-0.25, -0.2) is 8.42 Å². The van der Waals surface area contributed by atoms with E-state index in [1.165, 1.54) is 15.2 Å². The molecule has 1 aromatic heterocycles. The maximum Gasteiger partial charge on any atom is 0.251 e. The monoisotopic (exact) mass is 438 g/mol. The largest absolute Gasteiger partial charge is 0.382 e. The zero-order valence-electron chi connectivity index (χ0n) is 16.4. The molecule has 0 fully saturated rings. The molecule has 0 atom stereocenters. The summed E-state index contributed by atoms with van der Waals surface area (Å²) in [7, 11) is -2.04. The summed E-state index contributed by atoms with van der Waals surface area (Å²) in [6.45, 7) is 2.87. The van der Waals surface area contributed by atoms with Gasteiger partial charge in [-0.15, -0.1) is 11.3 Å². The van der Waals surface area contributed by atoms with Crippen molar-refractivity contribution in [2.75, 3.05) is 40.0 Å². The van der Waals surface area contributed by atoms with E-state index in [0.717, 1.165) is 12.0 Å². The summed E-state index contributed by atoms with van der Waals surface area (Å²) in [6.07, 6.45) is 1.39. The molecular formula is C20H26N2O5S2. The summed E-state index contributed by atoms with van der Waals surface area (Å²) in [6, 6.07) is 8.19. The van der Waals surface area contributed by atoms with Crippen LogP contribution in [0.1, 0.15) is 27.2 Å². The van der Waals surface area contributed by atoms with Crippen LogP contribution in [0.2, 0.25) is 0 Å². The number of nitrogens with one attached hydrogen (secondary N) is 1. The van der Waals surface area contributed by atoms with Crippen LogP contribution in [0, 0.1) is 0 Å². The van der Waals surface area contributed by atoms with E-state index >= 15 is 0 Å². The summed E-state index contributed by atoms with van der Waals surface area (Å²) in [5.41, 5.74) is 1.39. The van der Waals surface area contributed by atoms with Crippen LogP contribution < -0.4 is 5.32 Å². The zero-order chi connectivity index (χ0) is 20.7. The summed E-state index contributed by atoms with van der Waals surface area (Å²) in [5.74, 6) is -0.294. The third-order valence-corrected chi connectivity index (χ3v) is 7.55. The molecule has 1 aliphatic rings. The Bertz CT molecular complexity index is 926. The summed E-state index contributed by atoms with van der Waals surface area (Å²) in [5, 5.41) is 4.79. The van der Waals surface area contributed by atoms with Crippen molar-refractivity contribution in [1.82, 2.24) is 9.62 Å². The molecule has 2 aromatic rings. The Morgan fingerprint density at radius 2 is 2.10 bits per heavy atom. The molecule has 0 saturated heterocycles. The molecule has 1 amide bonds. The lowest BCUT2D eigenvalue weighted by molar-refractivity contribution is 0.0688. The van der Waals surface area contributed by atoms with Gasteiger partial charge < -0.3 is 14.8 Å². The number of benzene rings is 1. The normalized spacial score (nSPS) is 14.5. The van der Waals surface area contributed by atoms with Crippen molar-refractivity contribution < 1.29 is 22.7 Å². The Morgan fingerprint density at radius 1 is 1.24 bits per heavy atom. The zero-order valence-corrected chi connectivity index (χ0v) is 18.1. The van der Waals surface area contributed by atoms with Gasteiger partial charge in [-0.05, 0) is 48.1 Å². The fourth-order valence-electron chi connectivity index (χ4n) is 3.10. The second-order valence-electron chi connectivity index (χ2n) is 6.70. The molecule has 158 valence electrons. The average Bonchev–Trinajstić information content (AvgIpc) is 3.21. The summed E-state index contributed by atoms with van der Waals surface area (Å²) >= 11 is 1.67. The van der Waals surface area contributed by atoms with Crippen LogP contribution in [0.3, 0.4) is 0 Å². The van der Waals surface area contributed by atoms with Gasteiger partial charge in [0.05, 0.1) is 18.1 Å². The van der Waals surface area contributed by atoms with Gasteiger partial charge in [0.25, 0.3) is 5.91 Å². The Hall–Kier alpha value is -1.78. The van der Waals surface area contributed by atoms with E-state index in [4.69, 9.17) is 9.47 Å². The van der Waals surface area contributed by atoms with Gasteiger partial charge in [0, 0.05) is 43.8 Å². The fourth-order valence-corrected chi connectivity index (χ4v) is 5.45. The Balaban J connectivity index is 1.58. The molecule has 1 aromatic carbocycles. The van der Waals surface area contributed by atoms with Crippen molar-refractivity contribution >= 4 is 27.3 Å². The minimum absolute atomic E-state index is 0.145. The highest BCUT2D eigenvalue weighted by Crippen LogP contribution is 2.28. The van der Waals surface area contributed by atoms with E-state index in [-0.39, 0.29) is 10.8 Å². The lowest BCUT2D eigenvalue weighted by Crippen LogP contribution is -2.35. The second kappa shape index (κ2) is 10.3. The number of hydrogen-bond acceptors (Lipinski definition) is 6. The molecule has 0 bridgehead atoms. The first-order chi connectivity index (χ1) is 14.0. The van der Waals surface area contributed by atoms with Crippen LogP contribution in [0.15, 0.2) is 40.6 Å². The number of thiophene rings is 1. The molecule has 0 unspecified atom stereocenters. The van der Waals surface area contributed by atoms with E-state index in [2.05, 4.69) is 5.32 Å². The molecule has 0 spiro atoms. The number of methoxy groups -OCH3 is 1. The van der Waals surface area contributed by atoms with Crippen LogP contribution in [-0.2, 0) is 32.5 Å². The minimum atomic E-state index is -3.65. The predicted molar refractivity (Wildman–Crippen MR) is 112 cm³/mol. The first-order valence-corrected chi connectivity index (χ1v) is 11.8. The van der Waals surface area contributed by atoms with Crippen molar-refractivity contribution in [2.24, 2.45) is 0 Å². The van der Waals surface area contributed by atoms with Crippen LogP contribution in [0.4, 0.5) is 0 Å². The number of sulfonamides is 1. The van der Waals surface area contributed by atoms with Crippen LogP contribution >= 0.6 is 11.3 Å². The van der Waals surface area contributed by atoms with E-state index in [1.54, 1.807) is 36.6 Å². The molecule has 3 rings (SSSR count). The molecule has 0 radical (unpaired) electrons. The van der Waals surface area contributed by atoms with Crippen molar-refractivity contribution in [1.29, 1.82) is 0 Å². The van der Waals surface area contributed by atoms with Crippen molar-refractivity contribution in [3.8, 4) is 0 Å². The first kappa shape index (κ1) is 21.9. The SMILES string of the molecule is COCCOCCCNC(=O)c1cccc(S(=O)(=O)N2CCc3sccc3C2)c1. The number of carbonyl (C=O) groups excluding carboxylic acids is 1. The first-order valence-electron chi connectivity index (χ1n) is 9.52. The topological polar surface area (TPSA) is 84.9 Å². The second-order valence-corrected chi connectivity index (χ2v) is 9.64. The predicted octanol–water partition coefficient (Wildman–Crippen LogP) is 2.28. The molecule has 29 heavy (non-hydrogen) atoms. The number of amides is 1. The number of hydrogen-bond donors (Lipinski definition) is 1. The van der Waals surface area contributed by atoms with Gasteiger partial charge in [-0.2, -0.15) is 4.31 Å². The Labute approximate surface area is 175 Å². The van der Waals surface area contributed by atoms with Gasteiger partial charge in [-0.3, -0.25) is 4.79 Å². The Morgan fingerprint density at radius 3 is 2.93 bits per heavy atom. The van der Waals surface area contributed by atoms with E-state index in [9.17, 15) is 13.2 Å². The van der Waals surface area contributed by atoms with Crippen LogP contribution in [-0.4, -0.2) is 58.7 Å². The highest BCUT2D eigenvalue weighted by Gasteiger charge is 2.29. The average molecular weight is 439 g/mol. The number of ether oxygens (including phenoxy) is 2. The summed E-state index contributed by atoms with van der Waals surface area (Å²) < 4.78 is 37.8. The smallest absolute Gasteiger partial charge is 0.251 e. The fraction of sp³-hybridized carbons (Fsp3) is 0.450. The standard InChI is InChI=1S/C20H26N2O5S2/c1-26-11-12-27-10-3-8-21-20(23)16-4-2-5-18(14-16)29(24,25)22-9-6-19-17(15-22)7-13-28-19/h2,4-5,7,13-14H,3,6,8-12,15H2,1H3,(H,21,23). The van der Waals surface area contributed by atoms with Gasteiger partial charge in [-0.1, -0.05) is 6.07 Å². The van der Waals surface area contributed by atoms with Gasteiger partial charge in [0.2, 0.25) is 10.0 Å². The maximum absolute atomic E-state index is 13.1. The minimum Gasteiger partial charge on any atom is -0.382 e.